The normalized spacial score (nSPS) is 15.9. The van der Waals surface area contributed by atoms with E-state index in [1.807, 2.05) is 0 Å². The van der Waals surface area contributed by atoms with Crippen molar-refractivity contribution in [2.45, 2.75) is 31.3 Å². The lowest BCUT2D eigenvalue weighted by Crippen LogP contribution is -2.50. The minimum Gasteiger partial charge on any atom is -0.394 e. The van der Waals surface area contributed by atoms with E-state index >= 15 is 0 Å². The van der Waals surface area contributed by atoms with Crippen LogP contribution in [0.3, 0.4) is 0 Å². The van der Waals surface area contributed by atoms with E-state index in [1.165, 1.54) is 17.0 Å². The fourth-order valence-electron chi connectivity index (χ4n) is 1.95. The summed E-state index contributed by atoms with van der Waals surface area (Å²) in [5.74, 6) is -0.998. The van der Waals surface area contributed by atoms with Gasteiger partial charge in [-0.2, -0.15) is 0 Å². The van der Waals surface area contributed by atoms with Gasteiger partial charge < -0.3 is 35.7 Å². The molecule has 9 heteroatoms. The molecule has 6 N–H and O–H groups in total. The Bertz CT molecular complexity index is 537. The van der Waals surface area contributed by atoms with Gasteiger partial charge in [0.05, 0.1) is 6.61 Å². The molecule has 0 aliphatic heterocycles. The summed E-state index contributed by atoms with van der Waals surface area (Å²) in [6, 6.07) is 6.16. The standard InChI is InChI=1S/C15H22N2O7/c1-2-17(8-19)10-5-3-9(4-6-10)16-15(24)14(23)13(22)12(21)11(20)7-18/h3-6,8,11-14,18,20-23H,2,7H2,1H3,(H,16,24). The maximum absolute atomic E-state index is 11.9. The fraction of sp³-hybridized carbons (Fsp3) is 0.467. The Morgan fingerprint density at radius 1 is 1.17 bits per heavy atom. The van der Waals surface area contributed by atoms with E-state index in [2.05, 4.69) is 5.32 Å². The number of benzene rings is 1. The number of nitrogens with zero attached hydrogens (tertiary/aromatic N) is 1. The second-order valence-corrected chi connectivity index (χ2v) is 5.10. The van der Waals surface area contributed by atoms with Crippen LogP contribution in [0.1, 0.15) is 6.92 Å². The summed E-state index contributed by atoms with van der Waals surface area (Å²) < 4.78 is 0. The summed E-state index contributed by atoms with van der Waals surface area (Å²) in [6.45, 7) is 1.44. The lowest BCUT2D eigenvalue weighted by Gasteiger charge is -2.25. The molecule has 1 aromatic carbocycles. The van der Waals surface area contributed by atoms with Crippen LogP contribution in [0.25, 0.3) is 0 Å². The van der Waals surface area contributed by atoms with Gasteiger partial charge >= 0.3 is 0 Å². The van der Waals surface area contributed by atoms with Gasteiger partial charge in [-0.05, 0) is 31.2 Å². The predicted molar refractivity (Wildman–Crippen MR) is 85.3 cm³/mol. The Balaban J connectivity index is 2.71. The van der Waals surface area contributed by atoms with Crippen LogP contribution >= 0.6 is 0 Å². The molecular formula is C15H22N2O7. The number of rotatable bonds is 9. The van der Waals surface area contributed by atoms with Gasteiger partial charge in [0.25, 0.3) is 5.91 Å². The predicted octanol–water partition coefficient (Wildman–Crippen LogP) is -1.96. The number of amides is 2. The van der Waals surface area contributed by atoms with Crippen LogP contribution in [0.15, 0.2) is 24.3 Å². The second-order valence-electron chi connectivity index (χ2n) is 5.10. The summed E-state index contributed by atoms with van der Waals surface area (Å²) >= 11 is 0. The van der Waals surface area contributed by atoms with Crippen LogP contribution in [-0.2, 0) is 9.59 Å². The number of anilines is 2. The minimum atomic E-state index is -2.01. The van der Waals surface area contributed by atoms with E-state index in [0.29, 0.717) is 24.3 Å². The first-order chi connectivity index (χ1) is 11.3. The number of aliphatic hydroxyl groups excluding tert-OH is 5. The Labute approximate surface area is 138 Å². The Morgan fingerprint density at radius 3 is 2.21 bits per heavy atom. The Hall–Kier alpha value is -2.04. The molecule has 0 spiro atoms. The summed E-state index contributed by atoms with van der Waals surface area (Å²) in [5.41, 5.74) is 0.918. The van der Waals surface area contributed by atoms with Crippen molar-refractivity contribution in [2.75, 3.05) is 23.4 Å². The van der Waals surface area contributed by atoms with E-state index in [0.717, 1.165) is 0 Å². The minimum absolute atomic E-state index is 0.300. The summed E-state index contributed by atoms with van der Waals surface area (Å²) in [7, 11) is 0. The number of hydrogen-bond acceptors (Lipinski definition) is 7. The van der Waals surface area contributed by atoms with E-state index in [1.54, 1.807) is 19.1 Å². The van der Waals surface area contributed by atoms with Crippen molar-refractivity contribution in [1.29, 1.82) is 0 Å². The SMILES string of the molecule is CCN(C=O)c1ccc(NC(=O)C(O)C(O)C(O)C(O)CO)cc1. The van der Waals surface area contributed by atoms with Gasteiger partial charge in [0.15, 0.2) is 6.10 Å². The van der Waals surface area contributed by atoms with Crippen LogP contribution in [0, 0.1) is 0 Å². The molecular weight excluding hydrogens is 320 g/mol. The van der Waals surface area contributed by atoms with E-state index in [4.69, 9.17) is 5.11 Å². The van der Waals surface area contributed by atoms with Gasteiger partial charge in [-0.25, -0.2) is 0 Å². The van der Waals surface area contributed by atoms with Crippen molar-refractivity contribution in [3.8, 4) is 0 Å². The van der Waals surface area contributed by atoms with Crippen LogP contribution < -0.4 is 10.2 Å². The molecule has 0 heterocycles. The summed E-state index contributed by atoms with van der Waals surface area (Å²) in [6.07, 6.45) is -6.89. The first-order valence-corrected chi connectivity index (χ1v) is 7.31. The highest BCUT2D eigenvalue weighted by molar-refractivity contribution is 5.94. The average molecular weight is 342 g/mol. The van der Waals surface area contributed by atoms with Gasteiger partial charge in [-0.15, -0.1) is 0 Å². The van der Waals surface area contributed by atoms with Crippen molar-refractivity contribution in [2.24, 2.45) is 0 Å². The molecule has 0 saturated heterocycles. The Morgan fingerprint density at radius 2 is 1.75 bits per heavy atom. The van der Waals surface area contributed by atoms with Gasteiger partial charge in [0, 0.05) is 17.9 Å². The highest BCUT2D eigenvalue weighted by atomic mass is 16.4. The Kier molecular flexibility index (Phi) is 7.75. The molecule has 4 unspecified atom stereocenters. The average Bonchev–Trinajstić information content (AvgIpc) is 2.61. The van der Waals surface area contributed by atoms with E-state index in [-0.39, 0.29) is 0 Å². The van der Waals surface area contributed by atoms with Gasteiger partial charge in [0.2, 0.25) is 6.41 Å². The fourth-order valence-corrected chi connectivity index (χ4v) is 1.95. The molecule has 0 saturated carbocycles. The number of carbonyl (C=O) groups is 2. The number of nitrogens with one attached hydrogen (secondary N) is 1. The maximum Gasteiger partial charge on any atom is 0.256 e. The highest BCUT2D eigenvalue weighted by Gasteiger charge is 2.34. The van der Waals surface area contributed by atoms with Crippen molar-refractivity contribution in [1.82, 2.24) is 0 Å². The summed E-state index contributed by atoms with van der Waals surface area (Å²) in [4.78, 5) is 24.1. The molecule has 2 amide bonds. The van der Waals surface area contributed by atoms with Gasteiger partial charge in [-0.1, -0.05) is 0 Å². The molecule has 24 heavy (non-hydrogen) atoms. The molecule has 0 aromatic heterocycles. The highest BCUT2D eigenvalue weighted by Crippen LogP contribution is 2.17. The van der Waals surface area contributed by atoms with E-state index in [9.17, 15) is 30.0 Å². The van der Waals surface area contributed by atoms with Crippen LogP contribution in [0.2, 0.25) is 0 Å². The molecule has 134 valence electrons. The third kappa shape index (κ3) is 4.98. The zero-order valence-electron chi connectivity index (χ0n) is 13.1. The quantitative estimate of drug-likeness (QED) is 0.285. The molecule has 4 atom stereocenters. The molecule has 0 radical (unpaired) electrons. The number of hydrogen-bond donors (Lipinski definition) is 6. The monoisotopic (exact) mass is 342 g/mol. The zero-order chi connectivity index (χ0) is 18.3. The zero-order valence-corrected chi connectivity index (χ0v) is 13.1. The smallest absolute Gasteiger partial charge is 0.256 e. The van der Waals surface area contributed by atoms with Crippen LogP contribution in [0.4, 0.5) is 11.4 Å². The van der Waals surface area contributed by atoms with Crippen LogP contribution in [-0.4, -0.2) is 75.4 Å². The van der Waals surface area contributed by atoms with Crippen molar-refractivity contribution in [3.63, 3.8) is 0 Å². The first kappa shape index (κ1) is 20.0. The van der Waals surface area contributed by atoms with Gasteiger partial charge in [0.1, 0.15) is 18.3 Å². The number of aliphatic hydroxyl groups is 5. The van der Waals surface area contributed by atoms with Crippen molar-refractivity contribution >= 4 is 23.7 Å². The molecule has 1 rings (SSSR count). The molecule has 0 aliphatic carbocycles. The number of carbonyl (C=O) groups excluding carboxylic acids is 2. The second kappa shape index (κ2) is 9.30. The maximum atomic E-state index is 11.9. The third-order valence-electron chi connectivity index (χ3n) is 3.46. The lowest BCUT2D eigenvalue weighted by atomic mass is 10.0. The molecule has 0 fully saturated rings. The first-order valence-electron chi connectivity index (χ1n) is 7.31. The molecule has 0 aliphatic rings. The van der Waals surface area contributed by atoms with Gasteiger partial charge in [-0.3, -0.25) is 9.59 Å². The largest absolute Gasteiger partial charge is 0.394 e. The molecule has 1 aromatic rings. The third-order valence-corrected chi connectivity index (χ3v) is 3.46. The van der Waals surface area contributed by atoms with Crippen LogP contribution in [0.5, 0.6) is 0 Å². The summed E-state index contributed by atoms with van der Waals surface area (Å²) in [5, 5.41) is 49.1. The van der Waals surface area contributed by atoms with Crippen molar-refractivity contribution in [3.05, 3.63) is 24.3 Å². The lowest BCUT2D eigenvalue weighted by molar-refractivity contribution is -0.144. The topological polar surface area (TPSA) is 151 Å². The molecule has 9 nitrogen and oxygen atoms in total. The van der Waals surface area contributed by atoms with Crippen molar-refractivity contribution < 1.29 is 35.1 Å². The molecule has 0 bridgehead atoms. The van der Waals surface area contributed by atoms with E-state index < -0.39 is 36.9 Å².